The van der Waals surface area contributed by atoms with Gasteiger partial charge in [-0.3, -0.25) is 0 Å². The van der Waals surface area contributed by atoms with E-state index < -0.39 is 5.82 Å². The van der Waals surface area contributed by atoms with Crippen molar-refractivity contribution in [3.8, 4) is 5.75 Å². The number of rotatable bonds is 2. The van der Waals surface area contributed by atoms with Gasteiger partial charge in [0, 0.05) is 0 Å². The molecular weight excluding hydrogens is 155 g/mol. The van der Waals surface area contributed by atoms with Crippen LogP contribution in [-0.2, 0) is 6.42 Å². The summed E-state index contributed by atoms with van der Waals surface area (Å²) in [4.78, 5) is 0. The molecule has 0 aliphatic rings. The smallest absolute Gasteiger partial charge is 0.165 e. The molecule has 0 saturated heterocycles. The lowest BCUT2D eigenvalue weighted by atomic mass is 10.1. The molecule has 0 atom stereocenters. The monoisotopic (exact) mass is 168 g/mol. The zero-order valence-corrected chi connectivity index (χ0v) is 7.39. The number of phenols is 1. The highest BCUT2D eigenvalue weighted by Gasteiger charge is 2.06. The highest BCUT2D eigenvalue weighted by molar-refractivity contribution is 5.37. The third-order valence-electron chi connectivity index (χ3n) is 1.81. The van der Waals surface area contributed by atoms with Crippen molar-refractivity contribution in [2.45, 2.75) is 26.7 Å². The maximum absolute atomic E-state index is 12.9. The van der Waals surface area contributed by atoms with Crippen molar-refractivity contribution in [2.75, 3.05) is 0 Å². The molecule has 0 aliphatic heterocycles. The average Bonchev–Trinajstić information content (AvgIpc) is 2.00. The highest BCUT2D eigenvalue weighted by atomic mass is 19.1. The Bertz CT molecular complexity index is 281. The first-order valence-electron chi connectivity index (χ1n) is 4.13. The van der Waals surface area contributed by atoms with Crippen molar-refractivity contribution in [1.82, 2.24) is 0 Å². The lowest BCUT2D eigenvalue weighted by Crippen LogP contribution is -1.89. The summed E-state index contributed by atoms with van der Waals surface area (Å²) in [6, 6.07) is 3.16. The van der Waals surface area contributed by atoms with Crippen LogP contribution in [0.3, 0.4) is 0 Å². The number of phenolic OH excluding ortho intramolecular Hbond substituents is 1. The first kappa shape index (κ1) is 9.04. The third kappa shape index (κ3) is 1.76. The van der Waals surface area contributed by atoms with Crippen LogP contribution in [-0.4, -0.2) is 5.11 Å². The van der Waals surface area contributed by atoms with Crippen molar-refractivity contribution < 1.29 is 9.50 Å². The summed E-state index contributed by atoms with van der Waals surface area (Å²) >= 11 is 0. The molecule has 0 aromatic heterocycles. The lowest BCUT2D eigenvalue weighted by Gasteiger charge is -2.04. The van der Waals surface area contributed by atoms with Crippen LogP contribution in [0.25, 0.3) is 0 Å². The van der Waals surface area contributed by atoms with E-state index in [2.05, 4.69) is 0 Å². The van der Waals surface area contributed by atoms with Gasteiger partial charge in [-0.2, -0.15) is 0 Å². The minimum atomic E-state index is -0.515. The fourth-order valence-electron chi connectivity index (χ4n) is 1.27. The Kier molecular flexibility index (Phi) is 2.69. The van der Waals surface area contributed by atoms with Gasteiger partial charge in [0.1, 0.15) is 0 Å². The summed E-state index contributed by atoms with van der Waals surface area (Å²) < 4.78 is 12.9. The van der Waals surface area contributed by atoms with E-state index in [1.165, 1.54) is 6.07 Å². The van der Waals surface area contributed by atoms with Gasteiger partial charge in [-0.1, -0.05) is 19.4 Å². The van der Waals surface area contributed by atoms with Crippen LogP contribution in [0.2, 0.25) is 0 Å². The Morgan fingerprint density at radius 2 is 2.08 bits per heavy atom. The molecular formula is C10H13FO. The summed E-state index contributed by atoms with van der Waals surface area (Å²) in [6.07, 6.45) is 1.64. The lowest BCUT2D eigenvalue weighted by molar-refractivity contribution is 0.425. The number of aromatic hydroxyl groups is 1. The second kappa shape index (κ2) is 3.57. The molecule has 2 heteroatoms. The number of benzene rings is 1. The molecule has 0 aliphatic carbocycles. The fourth-order valence-corrected chi connectivity index (χ4v) is 1.27. The molecule has 1 rings (SSSR count). The van der Waals surface area contributed by atoms with Gasteiger partial charge in [0.05, 0.1) is 0 Å². The number of aryl methyl sites for hydroxylation is 2. The molecule has 0 heterocycles. The van der Waals surface area contributed by atoms with E-state index in [1.807, 2.05) is 19.9 Å². The van der Waals surface area contributed by atoms with Gasteiger partial charge >= 0.3 is 0 Å². The summed E-state index contributed by atoms with van der Waals surface area (Å²) in [5.74, 6) is -0.707. The zero-order chi connectivity index (χ0) is 9.14. The van der Waals surface area contributed by atoms with E-state index in [0.717, 1.165) is 18.4 Å². The molecule has 0 radical (unpaired) electrons. The van der Waals surface area contributed by atoms with Crippen LogP contribution in [0, 0.1) is 12.7 Å². The topological polar surface area (TPSA) is 20.2 Å². The van der Waals surface area contributed by atoms with Crippen LogP contribution in [0.1, 0.15) is 24.5 Å². The van der Waals surface area contributed by atoms with Crippen molar-refractivity contribution in [1.29, 1.82) is 0 Å². The highest BCUT2D eigenvalue weighted by Crippen LogP contribution is 2.23. The number of hydrogen-bond donors (Lipinski definition) is 1. The van der Waals surface area contributed by atoms with Gasteiger partial charge in [0.25, 0.3) is 0 Å². The van der Waals surface area contributed by atoms with E-state index in [4.69, 9.17) is 0 Å². The van der Waals surface area contributed by atoms with E-state index in [9.17, 15) is 9.50 Å². The van der Waals surface area contributed by atoms with E-state index in [-0.39, 0.29) is 5.75 Å². The molecule has 0 unspecified atom stereocenters. The molecule has 1 nitrogen and oxygen atoms in total. The first-order chi connectivity index (χ1) is 5.65. The van der Waals surface area contributed by atoms with Crippen molar-refractivity contribution in [3.05, 3.63) is 29.1 Å². The number of halogens is 1. The Hall–Kier alpha value is -1.05. The average molecular weight is 168 g/mol. The number of hydrogen-bond acceptors (Lipinski definition) is 1. The predicted octanol–water partition coefficient (Wildman–Crippen LogP) is 2.79. The van der Waals surface area contributed by atoms with Gasteiger partial charge in [0.15, 0.2) is 11.6 Å². The maximum Gasteiger partial charge on any atom is 0.165 e. The zero-order valence-electron chi connectivity index (χ0n) is 7.39. The molecule has 1 aromatic carbocycles. The maximum atomic E-state index is 12.9. The third-order valence-corrected chi connectivity index (χ3v) is 1.81. The first-order valence-corrected chi connectivity index (χ1v) is 4.13. The van der Waals surface area contributed by atoms with Crippen LogP contribution in [0.4, 0.5) is 4.39 Å². The normalized spacial score (nSPS) is 10.2. The molecule has 0 saturated carbocycles. The van der Waals surface area contributed by atoms with E-state index >= 15 is 0 Å². The van der Waals surface area contributed by atoms with Crippen LogP contribution in [0.5, 0.6) is 5.75 Å². The van der Waals surface area contributed by atoms with Gasteiger partial charge in [0.2, 0.25) is 0 Å². The molecule has 0 amide bonds. The Balaban J connectivity index is 3.09. The molecule has 0 bridgehead atoms. The van der Waals surface area contributed by atoms with Crippen LogP contribution >= 0.6 is 0 Å². The van der Waals surface area contributed by atoms with Gasteiger partial charge in [-0.05, 0) is 30.5 Å². The van der Waals surface area contributed by atoms with Crippen molar-refractivity contribution in [3.63, 3.8) is 0 Å². The summed E-state index contributed by atoms with van der Waals surface area (Å²) in [6.45, 7) is 3.82. The molecule has 66 valence electrons. The van der Waals surface area contributed by atoms with Crippen molar-refractivity contribution >= 4 is 0 Å². The van der Waals surface area contributed by atoms with Crippen LogP contribution in [0.15, 0.2) is 12.1 Å². The Morgan fingerprint density at radius 3 is 2.67 bits per heavy atom. The second-order valence-electron chi connectivity index (χ2n) is 3.00. The summed E-state index contributed by atoms with van der Waals surface area (Å²) in [5.41, 5.74) is 1.56. The molecule has 1 N–H and O–H groups in total. The minimum absolute atomic E-state index is 0.192. The SMILES string of the molecule is CCCc1cc(C)cc(F)c1O. The summed E-state index contributed by atoms with van der Waals surface area (Å²) in [5, 5.41) is 9.28. The van der Waals surface area contributed by atoms with E-state index in [1.54, 1.807) is 0 Å². The van der Waals surface area contributed by atoms with Crippen molar-refractivity contribution in [2.24, 2.45) is 0 Å². The summed E-state index contributed by atoms with van der Waals surface area (Å²) in [7, 11) is 0. The Labute approximate surface area is 71.9 Å². The Morgan fingerprint density at radius 1 is 1.42 bits per heavy atom. The fraction of sp³-hybridized carbons (Fsp3) is 0.400. The second-order valence-corrected chi connectivity index (χ2v) is 3.00. The largest absolute Gasteiger partial charge is 0.505 e. The predicted molar refractivity (Wildman–Crippen MR) is 46.8 cm³/mol. The van der Waals surface area contributed by atoms with E-state index in [0.29, 0.717) is 5.56 Å². The van der Waals surface area contributed by atoms with Crippen LogP contribution < -0.4 is 0 Å². The minimum Gasteiger partial charge on any atom is -0.505 e. The quantitative estimate of drug-likeness (QED) is 0.719. The molecule has 1 aromatic rings. The molecule has 12 heavy (non-hydrogen) atoms. The van der Waals surface area contributed by atoms with Gasteiger partial charge < -0.3 is 5.11 Å². The van der Waals surface area contributed by atoms with Gasteiger partial charge in [-0.15, -0.1) is 0 Å². The molecule has 0 spiro atoms. The van der Waals surface area contributed by atoms with Gasteiger partial charge in [-0.25, -0.2) is 4.39 Å². The standard InChI is InChI=1S/C10H13FO/c1-3-4-8-5-7(2)6-9(11)10(8)12/h5-6,12H,3-4H2,1-2H3. The molecule has 0 fully saturated rings.